The molecular formula is C27H27BClF5N2O3. The topological polar surface area (TPSA) is 48.4 Å². The Bertz CT molecular complexity index is 1340. The molecule has 3 aliphatic heterocycles. The molecule has 3 aromatic rings. The second kappa shape index (κ2) is 11.5. The average molecular weight is 569 g/mol. The van der Waals surface area contributed by atoms with E-state index in [0.29, 0.717) is 53.0 Å². The average Bonchev–Trinajstić information content (AvgIpc) is 2.89. The van der Waals surface area contributed by atoms with E-state index in [9.17, 15) is 22.1 Å². The zero-order valence-electron chi connectivity index (χ0n) is 21.1. The van der Waals surface area contributed by atoms with Crippen LogP contribution in [0.5, 0.6) is 11.5 Å². The number of nitrogens with zero attached hydrogens (tertiary/aromatic N) is 2. The highest BCUT2D eigenvalue weighted by molar-refractivity contribution is 6.50. The number of carbonyl (C=O) groups is 1. The number of hydrogen-bond acceptors (Lipinski definition) is 4. The van der Waals surface area contributed by atoms with Crippen molar-refractivity contribution in [3.05, 3.63) is 78.0 Å². The van der Waals surface area contributed by atoms with Crippen LogP contribution < -0.4 is 9.47 Å². The molecule has 4 heterocycles. The number of fused-ring (bicyclic) bond motifs is 4. The van der Waals surface area contributed by atoms with Gasteiger partial charge in [0.1, 0.15) is 36.5 Å². The van der Waals surface area contributed by atoms with Gasteiger partial charge in [-0.25, -0.2) is 0 Å². The van der Waals surface area contributed by atoms with Crippen molar-refractivity contribution in [2.24, 2.45) is 11.8 Å². The standard InChI is InChI=1S/C27H27ClFN2O3.BF4/c1-3-17-16-31(29)13-11-18(17)14-25(31)26(27(32)34-20-6-4-19(28)5-7-20)22-10-12-30-24-9-8-21(33-2)15-23(22)24;2-1(3,4)5/h3-10,12,15,17-18,25-26H,1,11,13-14,16H2,2H3;/q+1;-1/t17-,18+,25-,26-,31?;/m1./s1. The summed E-state index contributed by atoms with van der Waals surface area (Å²) in [6.45, 7) is 4.63. The van der Waals surface area contributed by atoms with Gasteiger partial charge in [0, 0.05) is 35.4 Å². The first-order chi connectivity index (χ1) is 18.4. The Hall–Kier alpha value is -3.18. The summed E-state index contributed by atoms with van der Waals surface area (Å²) in [7, 11) is -4.41. The first-order valence-electron chi connectivity index (χ1n) is 12.4. The van der Waals surface area contributed by atoms with E-state index in [-0.39, 0.29) is 5.92 Å². The van der Waals surface area contributed by atoms with Gasteiger partial charge in [-0.3, -0.25) is 9.78 Å². The Morgan fingerprint density at radius 1 is 1.15 bits per heavy atom. The van der Waals surface area contributed by atoms with Crippen molar-refractivity contribution in [3.8, 4) is 11.5 Å². The van der Waals surface area contributed by atoms with E-state index in [2.05, 4.69) is 11.6 Å². The first-order valence-corrected chi connectivity index (χ1v) is 12.8. The van der Waals surface area contributed by atoms with Crippen molar-refractivity contribution in [1.29, 1.82) is 0 Å². The maximum Gasteiger partial charge on any atom is 0.673 e. The van der Waals surface area contributed by atoms with Crippen molar-refractivity contribution in [2.75, 3.05) is 20.2 Å². The summed E-state index contributed by atoms with van der Waals surface area (Å²) in [5.41, 5.74) is 1.42. The molecule has 2 bridgehead atoms. The van der Waals surface area contributed by atoms with Crippen LogP contribution in [0.15, 0.2) is 67.4 Å². The third-order valence-corrected chi connectivity index (χ3v) is 7.67. The van der Waals surface area contributed by atoms with Gasteiger partial charge in [-0.2, -0.15) is 0 Å². The predicted octanol–water partition coefficient (Wildman–Crippen LogP) is 7.18. The molecule has 0 spiro atoms. The molecule has 39 heavy (non-hydrogen) atoms. The zero-order chi connectivity index (χ0) is 28.4. The minimum Gasteiger partial charge on any atom is -0.497 e. The first kappa shape index (κ1) is 28.8. The minimum absolute atomic E-state index is 0.109. The monoisotopic (exact) mass is 568 g/mol. The van der Waals surface area contributed by atoms with E-state index in [1.54, 1.807) is 43.6 Å². The minimum atomic E-state index is -6.00. The number of aromatic nitrogens is 1. The van der Waals surface area contributed by atoms with Crippen LogP contribution in [0.25, 0.3) is 10.9 Å². The Morgan fingerprint density at radius 2 is 1.82 bits per heavy atom. The fraction of sp³-hybridized carbons (Fsp3) is 0.333. The van der Waals surface area contributed by atoms with Crippen molar-refractivity contribution >= 4 is 35.7 Å². The van der Waals surface area contributed by atoms with Gasteiger partial charge in [-0.1, -0.05) is 17.7 Å². The Labute approximate surface area is 227 Å². The number of pyridine rings is 1. The van der Waals surface area contributed by atoms with Crippen molar-refractivity contribution in [3.63, 3.8) is 0 Å². The van der Waals surface area contributed by atoms with E-state index in [0.717, 1.165) is 11.8 Å². The lowest BCUT2D eigenvalue weighted by molar-refractivity contribution is -1.09. The van der Waals surface area contributed by atoms with Crippen LogP contribution in [-0.2, 0) is 4.79 Å². The predicted molar refractivity (Wildman–Crippen MR) is 140 cm³/mol. The number of piperidine rings is 3. The molecule has 3 fully saturated rings. The van der Waals surface area contributed by atoms with E-state index < -0.39 is 29.9 Å². The summed E-state index contributed by atoms with van der Waals surface area (Å²) in [4.78, 5) is 18.2. The van der Waals surface area contributed by atoms with Crippen molar-refractivity contribution < 1.29 is 40.7 Å². The fourth-order valence-electron chi connectivity index (χ4n) is 5.67. The maximum absolute atomic E-state index is 16.5. The van der Waals surface area contributed by atoms with E-state index in [1.165, 1.54) is 0 Å². The number of carbonyl (C=O) groups excluding carboxylic acids is 1. The molecule has 0 saturated carbocycles. The van der Waals surface area contributed by atoms with E-state index in [1.807, 2.05) is 24.3 Å². The molecule has 0 amide bonds. The number of hydrogen-bond donors (Lipinski definition) is 0. The van der Waals surface area contributed by atoms with Gasteiger partial charge in [0.15, 0.2) is 0 Å². The molecule has 5 nitrogen and oxygen atoms in total. The van der Waals surface area contributed by atoms with Gasteiger partial charge in [0.2, 0.25) is 0 Å². The molecule has 208 valence electrons. The second-order valence-corrected chi connectivity index (χ2v) is 10.2. The van der Waals surface area contributed by atoms with Crippen LogP contribution in [0.3, 0.4) is 0 Å². The highest BCUT2D eigenvalue weighted by Crippen LogP contribution is 2.48. The molecule has 2 aromatic carbocycles. The molecular weight excluding hydrogens is 542 g/mol. The zero-order valence-corrected chi connectivity index (χ0v) is 21.8. The maximum atomic E-state index is 16.5. The summed E-state index contributed by atoms with van der Waals surface area (Å²) >= 11 is 5.99. The number of halogens is 6. The lowest BCUT2D eigenvalue weighted by atomic mass is 9.70. The van der Waals surface area contributed by atoms with E-state index >= 15 is 4.48 Å². The largest absolute Gasteiger partial charge is 0.673 e. The van der Waals surface area contributed by atoms with Gasteiger partial charge in [-0.05, 0) is 64.5 Å². The summed E-state index contributed by atoms with van der Waals surface area (Å²) in [5.74, 6) is 0.130. The molecule has 1 aromatic heterocycles. The van der Waals surface area contributed by atoms with Crippen LogP contribution in [0.2, 0.25) is 5.02 Å². The SMILES string of the molecule is C=C[C@@H]1C[N+]2(F)CC[C@H]1C[C@@H]2[C@H](C(=O)Oc1ccc(Cl)cc1)c1ccnc2ccc(OC)cc12.F[B-](F)(F)F. The summed E-state index contributed by atoms with van der Waals surface area (Å²) in [6.07, 6.45) is 4.90. The van der Waals surface area contributed by atoms with Gasteiger partial charge >= 0.3 is 13.2 Å². The summed E-state index contributed by atoms with van der Waals surface area (Å²) < 4.78 is 66.1. The highest BCUT2D eigenvalue weighted by atomic mass is 35.5. The third kappa shape index (κ3) is 6.70. The number of benzene rings is 2. The van der Waals surface area contributed by atoms with Gasteiger partial charge < -0.3 is 26.7 Å². The molecule has 3 aliphatic rings. The molecule has 0 N–H and O–H groups in total. The fourth-order valence-corrected chi connectivity index (χ4v) is 5.79. The highest BCUT2D eigenvalue weighted by Gasteiger charge is 2.58. The van der Waals surface area contributed by atoms with Crippen LogP contribution in [0.1, 0.15) is 24.3 Å². The Kier molecular flexibility index (Phi) is 8.51. The van der Waals surface area contributed by atoms with Crippen LogP contribution >= 0.6 is 11.6 Å². The van der Waals surface area contributed by atoms with Crippen molar-refractivity contribution in [2.45, 2.75) is 24.8 Å². The summed E-state index contributed by atoms with van der Waals surface area (Å²) in [5, 5.41) is 1.30. The normalized spacial score (nSPS) is 24.8. The number of methoxy groups -OCH3 is 1. The van der Waals surface area contributed by atoms with Crippen LogP contribution in [-0.4, -0.2) is 49.2 Å². The van der Waals surface area contributed by atoms with Gasteiger partial charge in [-0.15, -0.1) is 11.3 Å². The van der Waals surface area contributed by atoms with Crippen molar-refractivity contribution in [1.82, 2.24) is 4.98 Å². The number of esters is 1. The van der Waals surface area contributed by atoms with Crippen LogP contribution in [0, 0.1) is 11.8 Å². The Morgan fingerprint density at radius 3 is 2.44 bits per heavy atom. The second-order valence-electron chi connectivity index (χ2n) is 9.71. The number of rotatable bonds is 6. The molecule has 0 aliphatic carbocycles. The van der Waals surface area contributed by atoms with E-state index in [4.69, 9.17) is 21.1 Å². The molecule has 5 atom stereocenters. The number of ether oxygens (including phenoxy) is 2. The molecule has 6 rings (SSSR count). The molecule has 12 heteroatoms. The molecule has 0 radical (unpaired) electrons. The van der Waals surface area contributed by atoms with Gasteiger partial charge in [0.05, 0.1) is 12.6 Å². The number of quaternary nitrogens is 1. The quantitative estimate of drug-likeness (QED) is 0.0789. The summed E-state index contributed by atoms with van der Waals surface area (Å²) in [6, 6.07) is 13.4. The third-order valence-electron chi connectivity index (χ3n) is 7.42. The smallest absolute Gasteiger partial charge is 0.497 e. The Balaban J connectivity index is 0.000000648. The lowest BCUT2D eigenvalue weighted by Crippen LogP contribution is -2.64. The molecule has 1 unspecified atom stereocenters. The molecule has 3 saturated heterocycles. The van der Waals surface area contributed by atoms with Gasteiger partial charge in [0.25, 0.3) is 0 Å². The lowest BCUT2D eigenvalue weighted by Gasteiger charge is -2.50. The van der Waals surface area contributed by atoms with Crippen LogP contribution in [0.4, 0.5) is 21.7 Å².